The van der Waals surface area contributed by atoms with Crippen molar-refractivity contribution in [3.63, 3.8) is 0 Å². The maximum absolute atomic E-state index is 14.1. The lowest BCUT2D eigenvalue weighted by Gasteiger charge is -2.38. The summed E-state index contributed by atoms with van der Waals surface area (Å²) in [5.41, 5.74) is 13.1. The number of benzene rings is 2. The van der Waals surface area contributed by atoms with E-state index in [2.05, 4.69) is 65.2 Å². The van der Waals surface area contributed by atoms with Gasteiger partial charge >= 0.3 is 5.97 Å². The summed E-state index contributed by atoms with van der Waals surface area (Å²) in [6.45, 7) is 15.8. The molecule has 1 saturated heterocycles. The van der Waals surface area contributed by atoms with Gasteiger partial charge in [-0.25, -0.2) is 4.99 Å². The zero-order chi connectivity index (χ0) is 45.6. The zero-order valence-electron chi connectivity index (χ0n) is 37.1. The average molecular weight is 867 g/mol. The van der Waals surface area contributed by atoms with Crippen molar-refractivity contribution in [2.24, 2.45) is 16.8 Å². The average Bonchev–Trinajstić information content (AvgIpc) is 3.70. The first kappa shape index (κ1) is 47.4. The fourth-order valence-corrected chi connectivity index (χ4v) is 11.6. The van der Waals surface area contributed by atoms with Gasteiger partial charge in [-0.2, -0.15) is 0 Å². The molecule has 1 unspecified atom stereocenters. The van der Waals surface area contributed by atoms with Crippen LogP contribution in [-0.4, -0.2) is 101 Å². The second-order valence-corrected chi connectivity index (χ2v) is 22.4. The third-order valence-electron chi connectivity index (χ3n) is 11.7. The molecule has 0 saturated carbocycles. The van der Waals surface area contributed by atoms with Crippen LogP contribution < -0.4 is 26.9 Å². The number of nitrogens with one attached hydrogen (secondary N) is 3. The van der Waals surface area contributed by atoms with Crippen LogP contribution in [0.15, 0.2) is 76.5 Å². The highest BCUT2D eigenvalue weighted by atomic mass is 28.3. The molecule has 2 aromatic carbocycles. The minimum Gasteiger partial charge on any atom is -0.481 e. The molecule has 1 fully saturated rings. The minimum atomic E-state index is -2.37. The van der Waals surface area contributed by atoms with Crippen LogP contribution in [0.2, 0.25) is 13.1 Å². The highest BCUT2D eigenvalue weighted by molar-refractivity contribution is 6.98. The summed E-state index contributed by atoms with van der Waals surface area (Å²) in [5, 5.41) is 29.8. The highest BCUT2D eigenvalue weighted by Crippen LogP contribution is 2.42. The van der Waals surface area contributed by atoms with Crippen LogP contribution in [0.4, 0.5) is 5.69 Å². The molecule has 14 nitrogen and oxygen atoms in total. The van der Waals surface area contributed by atoms with Gasteiger partial charge in [0.1, 0.15) is 32.2 Å². The SMILES string of the molecule is Cc1ccccc1C1=C2C=CC(=NC(=O)[C@H](CC(C)C)NC(=O)[C@H](CC(C)C)NC(=O)[C@@H]3CCCN3C(=O)[C@@H](NC(=O)CCC(=O)O)C(C)O)C=C2[Si](C)(C)c2cc(N)ccc21. The van der Waals surface area contributed by atoms with Crippen molar-refractivity contribution in [3.8, 4) is 0 Å². The number of carbonyl (C=O) groups is 6. The smallest absolute Gasteiger partial charge is 0.303 e. The summed E-state index contributed by atoms with van der Waals surface area (Å²) >= 11 is 0. The number of nitrogens with two attached hydrogens (primary N) is 1. The number of aliphatic imine (C=N–C) groups is 1. The molecule has 1 aliphatic carbocycles. The Balaban J connectivity index is 1.38. The first-order chi connectivity index (χ1) is 29.2. The van der Waals surface area contributed by atoms with Gasteiger partial charge in [-0.3, -0.25) is 28.8 Å². The Bertz CT molecular complexity index is 2220. The number of carboxylic acids is 1. The molecule has 2 aliphatic heterocycles. The molecule has 5 rings (SSSR count). The molecule has 7 N–H and O–H groups in total. The van der Waals surface area contributed by atoms with Gasteiger partial charge in [-0.15, -0.1) is 0 Å². The Morgan fingerprint density at radius 1 is 0.887 bits per heavy atom. The molecule has 0 radical (unpaired) electrons. The van der Waals surface area contributed by atoms with Gasteiger partial charge in [-0.1, -0.05) is 77.2 Å². The van der Waals surface area contributed by atoms with E-state index in [1.807, 2.05) is 64.1 Å². The predicted octanol–water partition coefficient (Wildman–Crippen LogP) is 4.09. The summed E-state index contributed by atoms with van der Waals surface area (Å²) < 4.78 is 0. The highest BCUT2D eigenvalue weighted by Gasteiger charge is 2.42. The zero-order valence-corrected chi connectivity index (χ0v) is 38.1. The number of carboxylic acid groups (broad SMARTS) is 1. The molecule has 5 atom stereocenters. The number of aliphatic hydroxyl groups is 1. The van der Waals surface area contributed by atoms with E-state index in [1.54, 1.807) is 0 Å². The molecule has 0 aromatic heterocycles. The number of aliphatic hydroxyl groups excluding tert-OH is 1. The van der Waals surface area contributed by atoms with Crippen LogP contribution in [0.25, 0.3) is 5.57 Å². The Hall–Kier alpha value is -5.67. The number of likely N-dealkylation sites (tertiary alicyclic amines) is 1. The van der Waals surface area contributed by atoms with E-state index in [1.165, 1.54) is 17.0 Å². The lowest BCUT2D eigenvalue weighted by molar-refractivity contribution is -0.144. The first-order valence-corrected chi connectivity index (χ1v) is 24.5. The van der Waals surface area contributed by atoms with Gasteiger partial charge in [0.05, 0.1) is 18.2 Å². The Morgan fingerprint density at radius 3 is 2.21 bits per heavy atom. The van der Waals surface area contributed by atoms with Gasteiger partial charge in [-0.05, 0) is 114 Å². The second kappa shape index (κ2) is 20.0. The van der Waals surface area contributed by atoms with Crippen molar-refractivity contribution in [1.29, 1.82) is 0 Å². The quantitative estimate of drug-likeness (QED) is 0.106. The van der Waals surface area contributed by atoms with Crippen molar-refractivity contribution in [2.75, 3.05) is 12.3 Å². The fourth-order valence-electron chi connectivity index (χ4n) is 8.55. The lowest BCUT2D eigenvalue weighted by atomic mass is 9.87. The summed E-state index contributed by atoms with van der Waals surface area (Å²) in [4.78, 5) is 85.0. The molecular weight excluding hydrogens is 805 g/mol. The molecule has 3 aliphatic rings. The molecular formula is C47H62N6O8Si. The summed E-state index contributed by atoms with van der Waals surface area (Å²) in [5.74, 6) is -4.30. The summed E-state index contributed by atoms with van der Waals surface area (Å²) in [7, 11) is -2.37. The number of nitrogens with zero attached hydrogens (tertiary/aromatic N) is 2. The van der Waals surface area contributed by atoms with Crippen LogP contribution in [0.3, 0.4) is 0 Å². The number of hydrogen-bond donors (Lipinski definition) is 6. The molecule has 2 aromatic rings. The molecule has 15 heteroatoms. The second-order valence-electron chi connectivity index (χ2n) is 18.1. The number of nitrogen functional groups attached to an aromatic ring is 1. The number of hydrogen-bond acceptors (Lipinski definition) is 8. The topological polar surface area (TPSA) is 221 Å². The van der Waals surface area contributed by atoms with Crippen molar-refractivity contribution in [3.05, 3.63) is 88.2 Å². The van der Waals surface area contributed by atoms with E-state index in [0.717, 1.165) is 33.0 Å². The third-order valence-corrected chi connectivity index (χ3v) is 15.2. The molecule has 2 heterocycles. The van der Waals surface area contributed by atoms with Crippen LogP contribution in [0.1, 0.15) is 89.8 Å². The summed E-state index contributed by atoms with van der Waals surface area (Å²) in [6.07, 6.45) is 4.99. The number of amides is 5. The van der Waals surface area contributed by atoms with Crippen LogP contribution >= 0.6 is 0 Å². The van der Waals surface area contributed by atoms with Crippen molar-refractivity contribution in [1.82, 2.24) is 20.9 Å². The molecule has 0 spiro atoms. The van der Waals surface area contributed by atoms with Gasteiger partial charge < -0.3 is 36.8 Å². The van der Waals surface area contributed by atoms with E-state index >= 15 is 0 Å². The van der Waals surface area contributed by atoms with E-state index < -0.39 is 80.3 Å². The van der Waals surface area contributed by atoms with E-state index in [9.17, 15) is 33.9 Å². The largest absolute Gasteiger partial charge is 0.481 e. The maximum Gasteiger partial charge on any atom is 0.303 e. The first-order valence-electron chi connectivity index (χ1n) is 21.5. The number of anilines is 1. The van der Waals surface area contributed by atoms with Gasteiger partial charge in [0.25, 0.3) is 5.91 Å². The van der Waals surface area contributed by atoms with Crippen molar-refractivity contribution >= 4 is 65.7 Å². The minimum absolute atomic E-state index is 0.00485. The number of aliphatic carboxylic acids is 1. The van der Waals surface area contributed by atoms with Crippen molar-refractivity contribution < 1.29 is 39.0 Å². The number of carbonyl (C=O) groups excluding carboxylic acids is 5. The molecule has 62 heavy (non-hydrogen) atoms. The third kappa shape index (κ3) is 11.0. The summed E-state index contributed by atoms with van der Waals surface area (Å²) in [6, 6.07) is 9.93. The van der Waals surface area contributed by atoms with Crippen LogP contribution in [0, 0.1) is 18.8 Å². The number of rotatable bonds is 16. The standard InChI is InChI=1S/C47H62N6O8Si/c1-26(2)22-35(44(58)49-31-16-18-34-39(25-31)62(7,8)38-24-30(48)15-17-33(38)42(34)32-13-10-9-12-28(32)5)50-45(59)36(23-27(3)4)51-46(60)37-14-11-21-53(37)47(61)43(29(6)54)52-40(55)19-20-41(56)57/h9-10,12-13,15-18,24-27,29,35-37,43,54H,11,14,19-23,48H2,1-8H3,(H,50,59)(H,51,60)(H,52,55)(H,56,57)/t29?,35-,36-,37-,43-/m0/s1. The molecule has 332 valence electrons. The predicted molar refractivity (Wildman–Crippen MR) is 243 cm³/mol. The van der Waals surface area contributed by atoms with Crippen LogP contribution in [0.5, 0.6) is 0 Å². The van der Waals surface area contributed by atoms with Crippen molar-refractivity contribution in [2.45, 2.75) is 123 Å². The number of fused-ring (bicyclic) bond motifs is 2. The fraction of sp³-hybridized carbons (Fsp3) is 0.468. The lowest BCUT2D eigenvalue weighted by Crippen LogP contribution is -2.59. The molecule has 5 amide bonds. The van der Waals surface area contributed by atoms with Gasteiger partial charge in [0.15, 0.2) is 0 Å². The van der Waals surface area contributed by atoms with E-state index in [4.69, 9.17) is 10.8 Å². The maximum atomic E-state index is 14.1. The van der Waals surface area contributed by atoms with Gasteiger partial charge in [0.2, 0.25) is 23.6 Å². The van der Waals surface area contributed by atoms with E-state index in [0.29, 0.717) is 24.2 Å². The number of aryl methyl sites for hydroxylation is 1. The number of allylic oxidation sites excluding steroid dienone is 5. The Labute approximate surface area is 365 Å². The monoisotopic (exact) mass is 866 g/mol. The van der Waals surface area contributed by atoms with Gasteiger partial charge in [0, 0.05) is 18.7 Å². The van der Waals surface area contributed by atoms with Crippen LogP contribution in [-0.2, 0) is 28.8 Å². The normalized spacial score (nSPS) is 19.3. The Kier molecular flexibility index (Phi) is 15.3. The Morgan fingerprint density at radius 2 is 1.56 bits per heavy atom. The molecule has 0 bridgehead atoms. The van der Waals surface area contributed by atoms with E-state index in [-0.39, 0.29) is 37.6 Å².